The van der Waals surface area contributed by atoms with Crippen LogP contribution in [0.15, 0.2) is 16.6 Å². The molecule has 0 aromatic heterocycles. The van der Waals surface area contributed by atoms with Gasteiger partial charge in [-0.3, -0.25) is 0 Å². The smallest absolute Gasteiger partial charge is 0.342 e. The van der Waals surface area contributed by atoms with E-state index in [-0.39, 0.29) is 39.8 Å². The zero-order chi connectivity index (χ0) is 13.9. The Kier molecular flexibility index (Phi) is 7.66. The van der Waals surface area contributed by atoms with Crippen molar-refractivity contribution >= 4 is 45.9 Å². The Labute approximate surface area is 129 Å². The van der Waals surface area contributed by atoms with Crippen molar-refractivity contribution in [3.8, 4) is 5.75 Å². The Bertz CT molecular complexity index is 462. The number of hydrogen-bond acceptors (Lipinski definition) is 4. The first-order valence-corrected chi connectivity index (χ1v) is 6.29. The molecule has 19 heavy (non-hydrogen) atoms. The number of phenols is 1. The van der Waals surface area contributed by atoms with Gasteiger partial charge in [0, 0.05) is 10.6 Å². The van der Waals surface area contributed by atoms with Gasteiger partial charge >= 0.3 is 5.97 Å². The van der Waals surface area contributed by atoms with Crippen molar-refractivity contribution in [2.24, 2.45) is 5.73 Å². The molecule has 0 saturated carbocycles. The normalized spacial score (nSPS) is 13.3. The zero-order valence-corrected chi connectivity index (χ0v) is 13.1. The van der Waals surface area contributed by atoms with Crippen LogP contribution in [0, 0.1) is 0 Å². The van der Waals surface area contributed by atoms with Gasteiger partial charge in [-0.05, 0) is 35.0 Å². The minimum Gasteiger partial charge on any atom is -0.506 e. The molecule has 0 aliphatic rings. The summed E-state index contributed by atoms with van der Waals surface area (Å²) >= 11 is 8.83. The van der Waals surface area contributed by atoms with E-state index in [2.05, 4.69) is 20.7 Å². The number of rotatable bonds is 4. The second-order valence-electron chi connectivity index (χ2n) is 3.51. The summed E-state index contributed by atoms with van der Waals surface area (Å²) in [5, 5.41) is 10.0. The molecular formula is C11H13BrCl2FNO3. The molecule has 0 aliphatic heterocycles. The highest BCUT2D eigenvalue weighted by Crippen LogP contribution is 2.36. The number of alkyl halides is 1. The summed E-state index contributed by atoms with van der Waals surface area (Å²) in [7, 11) is 0. The molecule has 108 valence electrons. The zero-order valence-electron chi connectivity index (χ0n) is 9.90. The fourth-order valence-corrected chi connectivity index (χ4v) is 2.20. The van der Waals surface area contributed by atoms with Gasteiger partial charge in [-0.15, -0.1) is 12.4 Å². The molecule has 0 bridgehead atoms. The molecule has 1 unspecified atom stereocenters. The molecule has 0 amide bonds. The van der Waals surface area contributed by atoms with Crippen LogP contribution >= 0.6 is 39.9 Å². The molecule has 0 saturated heterocycles. The van der Waals surface area contributed by atoms with E-state index in [1.165, 1.54) is 12.1 Å². The van der Waals surface area contributed by atoms with Crippen LogP contribution in [0.4, 0.5) is 4.39 Å². The van der Waals surface area contributed by atoms with E-state index in [9.17, 15) is 14.3 Å². The van der Waals surface area contributed by atoms with Crippen LogP contribution < -0.4 is 5.73 Å². The number of aromatic hydroxyl groups is 1. The first-order valence-electron chi connectivity index (χ1n) is 5.12. The lowest BCUT2D eigenvalue weighted by Crippen LogP contribution is -2.31. The number of halogens is 4. The molecule has 0 aliphatic carbocycles. The predicted octanol–water partition coefficient (Wildman–Crippen LogP) is 3.13. The Morgan fingerprint density at radius 3 is 2.74 bits per heavy atom. The molecule has 0 heterocycles. The monoisotopic (exact) mass is 375 g/mol. The third-order valence-electron chi connectivity index (χ3n) is 2.24. The van der Waals surface area contributed by atoms with Crippen molar-refractivity contribution in [3.05, 3.63) is 27.2 Å². The van der Waals surface area contributed by atoms with E-state index >= 15 is 0 Å². The molecule has 0 spiro atoms. The highest BCUT2D eigenvalue weighted by Gasteiger charge is 2.30. The van der Waals surface area contributed by atoms with E-state index in [0.29, 0.717) is 0 Å². The highest BCUT2D eigenvalue weighted by molar-refractivity contribution is 9.10. The van der Waals surface area contributed by atoms with Crippen molar-refractivity contribution < 1.29 is 19.0 Å². The van der Waals surface area contributed by atoms with Crippen LogP contribution in [-0.4, -0.2) is 23.9 Å². The summed E-state index contributed by atoms with van der Waals surface area (Å²) in [5.74, 6) is -1.32. The number of benzene rings is 1. The van der Waals surface area contributed by atoms with Crippen molar-refractivity contribution in [2.45, 2.75) is 19.1 Å². The topological polar surface area (TPSA) is 72.5 Å². The Morgan fingerprint density at radius 2 is 2.21 bits per heavy atom. The summed E-state index contributed by atoms with van der Waals surface area (Å²) in [4.78, 5) is 11.2. The second kappa shape index (κ2) is 7.89. The van der Waals surface area contributed by atoms with Gasteiger partial charge in [0.1, 0.15) is 5.75 Å². The minimum atomic E-state index is -2.07. The lowest BCUT2D eigenvalue weighted by atomic mass is 10.0. The maximum atomic E-state index is 13.7. The standard InChI is InChI=1S/C11H12BrClFNO3.ClH/c1-2-18-11(17)8(14)9(15)6-3-5(13)4-7(12)10(6)16;/h3-4,8-9,16H,2,15H2,1H3;1H/t8?,9-;/m0./s1. The largest absolute Gasteiger partial charge is 0.506 e. The molecule has 1 rings (SSSR count). The highest BCUT2D eigenvalue weighted by atomic mass is 79.9. The van der Waals surface area contributed by atoms with Gasteiger partial charge in [-0.25, -0.2) is 9.18 Å². The van der Waals surface area contributed by atoms with E-state index in [4.69, 9.17) is 17.3 Å². The number of nitrogens with two attached hydrogens (primary N) is 1. The Balaban J connectivity index is 0.00000324. The van der Waals surface area contributed by atoms with Crippen LogP contribution in [0.2, 0.25) is 5.02 Å². The van der Waals surface area contributed by atoms with Crippen molar-refractivity contribution in [2.75, 3.05) is 6.61 Å². The maximum absolute atomic E-state index is 13.7. The molecule has 1 aromatic rings. The van der Waals surface area contributed by atoms with Crippen LogP contribution in [-0.2, 0) is 9.53 Å². The van der Waals surface area contributed by atoms with Gasteiger partial charge in [0.05, 0.1) is 17.1 Å². The van der Waals surface area contributed by atoms with Gasteiger partial charge < -0.3 is 15.6 Å². The van der Waals surface area contributed by atoms with Gasteiger partial charge in [-0.2, -0.15) is 0 Å². The van der Waals surface area contributed by atoms with Crippen LogP contribution in [0.25, 0.3) is 0 Å². The number of carbonyl (C=O) groups excluding carboxylic acids is 1. The third-order valence-corrected chi connectivity index (χ3v) is 3.07. The first kappa shape index (κ1) is 18.4. The number of ether oxygens (including phenoxy) is 1. The second-order valence-corrected chi connectivity index (χ2v) is 4.80. The van der Waals surface area contributed by atoms with Crippen LogP contribution in [0.3, 0.4) is 0 Å². The van der Waals surface area contributed by atoms with Crippen LogP contribution in [0.5, 0.6) is 5.75 Å². The summed E-state index contributed by atoms with van der Waals surface area (Å²) in [6.07, 6.45) is -2.07. The molecule has 0 radical (unpaired) electrons. The molecule has 3 N–H and O–H groups in total. The molecule has 2 atom stereocenters. The quantitative estimate of drug-likeness (QED) is 0.792. The van der Waals surface area contributed by atoms with E-state index in [1.54, 1.807) is 6.92 Å². The van der Waals surface area contributed by atoms with Gasteiger partial charge in [-0.1, -0.05) is 11.6 Å². The average molecular weight is 377 g/mol. The lowest BCUT2D eigenvalue weighted by molar-refractivity contribution is -0.149. The van der Waals surface area contributed by atoms with Crippen molar-refractivity contribution in [1.29, 1.82) is 0 Å². The Hall–Kier alpha value is -0.560. The summed E-state index contributed by atoms with van der Waals surface area (Å²) < 4.78 is 18.5. The first-order chi connectivity index (χ1) is 8.38. The molecule has 0 fully saturated rings. The van der Waals surface area contributed by atoms with E-state index in [0.717, 1.165) is 0 Å². The SMILES string of the molecule is CCOC(=O)C(F)[C@@H](N)c1cc(Cl)cc(Br)c1O.Cl. The fourth-order valence-electron chi connectivity index (χ4n) is 1.37. The Morgan fingerprint density at radius 1 is 1.63 bits per heavy atom. The van der Waals surface area contributed by atoms with Gasteiger partial charge in [0.25, 0.3) is 0 Å². The van der Waals surface area contributed by atoms with E-state index in [1.807, 2.05) is 0 Å². The lowest BCUT2D eigenvalue weighted by Gasteiger charge is -2.17. The van der Waals surface area contributed by atoms with Gasteiger partial charge in [0.15, 0.2) is 0 Å². The molecule has 8 heteroatoms. The summed E-state index contributed by atoms with van der Waals surface area (Å²) in [5.41, 5.74) is 5.63. The molecule has 4 nitrogen and oxygen atoms in total. The molecule has 1 aromatic carbocycles. The number of carbonyl (C=O) groups is 1. The number of esters is 1. The minimum absolute atomic E-state index is 0. The van der Waals surface area contributed by atoms with Crippen molar-refractivity contribution in [1.82, 2.24) is 0 Å². The summed E-state index contributed by atoms with van der Waals surface area (Å²) in [6.45, 7) is 1.61. The van der Waals surface area contributed by atoms with Crippen LogP contribution in [0.1, 0.15) is 18.5 Å². The number of hydrogen-bond donors (Lipinski definition) is 2. The summed E-state index contributed by atoms with van der Waals surface area (Å²) in [6, 6.07) is 1.39. The van der Waals surface area contributed by atoms with E-state index < -0.39 is 18.2 Å². The predicted molar refractivity (Wildman–Crippen MR) is 76.5 cm³/mol. The third kappa shape index (κ3) is 4.49. The van der Waals surface area contributed by atoms with Crippen molar-refractivity contribution in [3.63, 3.8) is 0 Å². The number of phenolic OH excluding ortho intramolecular Hbond substituents is 1. The fraction of sp³-hybridized carbons (Fsp3) is 0.364. The maximum Gasteiger partial charge on any atom is 0.342 e. The molecular weight excluding hydrogens is 364 g/mol. The van der Waals surface area contributed by atoms with Gasteiger partial charge in [0.2, 0.25) is 6.17 Å². The average Bonchev–Trinajstić information content (AvgIpc) is 2.32.